The fraction of sp³-hybridized carbons (Fsp3) is 0.417. The Labute approximate surface area is 104 Å². The Kier molecular flexibility index (Phi) is 3.35. The Morgan fingerprint density at radius 1 is 1.62 bits per heavy atom. The second-order valence-corrected chi connectivity index (χ2v) is 5.01. The average Bonchev–Trinajstić information content (AvgIpc) is 3.01. The van der Waals surface area contributed by atoms with Crippen molar-refractivity contribution in [3.8, 4) is 12.3 Å². The van der Waals surface area contributed by atoms with E-state index in [9.17, 15) is 0 Å². The quantitative estimate of drug-likeness (QED) is 0.860. The van der Waals surface area contributed by atoms with Gasteiger partial charge in [0.2, 0.25) is 0 Å². The lowest BCUT2D eigenvalue weighted by Gasteiger charge is -2.22. The van der Waals surface area contributed by atoms with Gasteiger partial charge in [0.05, 0.1) is 12.2 Å². The van der Waals surface area contributed by atoms with Gasteiger partial charge >= 0.3 is 0 Å². The summed E-state index contributed by atoms with van der Waals surface area (Å²) in [6.07, 6.45) is 9.70. The van der Waals surface area contributed by atoms with Crippen LogP contribution in [0.1, 0.15) is 12.8 Å². The van der Waals surface area contributed by atoms with Crippen LogP contribution in [0.2, 0.25) is 0 Å². The van der Waals surface area contributed by atoms with Crippen LogP contribution in [-0.4, -0.2) is 18.1 Å². The summed E-state index contributed by atoms with van der Waals surface area (Å²) in [6, 6.07) is 1.86. The van der Waals surface area contributed by atoms with Crippen molar-refractivity contribution in [1.82, 2.24) is 4.98 Å². The minimum atomic E-state index is 0.565. The maximum absolute atomic E-state index is 5.95. The zero-order valence-corrected chi connectivity index (χ0v) is 10.6. The minimum Gasteiger partial charge on any atom is -0.396 e. The number of aromatic nitrogens is 1. The van der Waals surface area contributed by atoms with E-state index in [2.05, 4.69) is 31.7 Å². The van der Waals surface area contributed by atoms with Gasteiger partial charge in [0, 0.05) is 17.2 Å². The largest absolute Gasteiger partial charge is 0.396 e. The number of nitrogens with zero attached hydrogens (tertiary/aromatic N) is 2. The summed E-state index contributed by atoms with van der Waals surface area (Å²) in [7, 11) is 0. The molecule has 16 heavy (non-hydrogen) atoms. The first-order valence-electron chi connectivity index (χ1n) is 5.30. The van der Waals surface area contributed by atoms with Crippen molar-refractivity contribution < 1.29 is 0 Å². The first-order chi connectivity index (χ1) is 7.70. The molecule has 1 fully saturated rings. The van der Waals surface area contributed by atoms with E-state index in [1.165, 1.54) is 12.8 Å². The third-order valence-electron chi connectivity index (χ3n) is 2.62. The number of rotatable bonds is 4. The topological polar surface area (TPSA) is 42.2 Å². The average molecular weight is 280 g/mol. The van der Waals surface area contributed by atoms with Crippen LogP contribution in [0, 0.1) is 18.3 Å². The Balaban J connectivity index is 2.19. The van der Waals surface area contributed by atoms with Crippen LogP contribution in [0.3, 0.4) is 0 Å². The van der Waals surface area contributed by atoms with Gasteiger partial charge < -0.3 is 10.6 Å². The molecule has 4 heteroatoms. The summed E-state index contributed by atoms with van der Waals surface area (Å²) in [5.41, 5.74) is 6.62. The number of halogens is 1. The molecule has 1 aliphatic rings. The molecular weight excluding hydrogens is 266 g/mol. The lowest BCUT2D eigenvalue weighted by Crippen LogP contribution is -2.27. The van der Waals surface area contributed by atoms with Crippen LogP contribution in [0.4, 0.5) is 11.5 Å². The van der Waals surface area contributed by atoms with Gasteiger partial charge in [-0.15, -0.1) is 6.42 Å². The predicted molar refractivity (Wildman–Crippen MR) is 70.1 cm³/mol. The molecule has 0 saturated heterocycles. The zero-order valence-electron chi connectivity index (χ0n) is 8.99. The normalized spacial score (nSPS) is 14.5. The van der Waals surface area contributed by atoms with E-state index >= 15 is 0 Å². The van der Waals surface area contributed by atoms with E-state index in [1.54, 1.807) is 6.20 Å². The minimum absolute atomic E-state index is 0.565. The maximum Gasteiger partial charge on any atom is 0.152 e. The van der Waals surface area contributed by atoms with Crippen molar-refractivity contribution >= 4 is 27.4 Å². The van der Waals surface area contributed by atoms with Gasteiger partial charge in [-0.05, 0) is 40.8 Å². The molecule has 1 aromatic rings. The summed E-state index contributed by atoms with van der Waals surface area (Å²) in [5.74, 6) is 4.22. The number of anilines is 2. The fourth-order valence-electron chi connectivity index (χ4n) is 1.66. The van der Waals surface area contributed by atoms with Crippen molar-refractivity contribution in [3.63, 3.8) is 0 Å². The van der Waals surface area contributed by atoms with Crippen molar-refractivity contribution in [2.75, 3.05) is 23.7 Å². The van der Waals surface area contributed by atoms with Crippen molar-refractivity contribution in [2.24, 2.45) is 5.92 Å². The van der Waals surface area contributed by atoms with E-state index in [1.807, 2.05) is 6.07 Å². The van der Waals surface area contributed by atoms with Gasteiger partial charge in [-0.1, -0.05) is 5.92 Å². The molecule has 0 aromatic carbocycles. The molecule has 0 radical (unpaired) electrons. The fourth-order valence-corrected chi connectivity index (χ4v) is 2.01. The van der Waals surface area contributed by atoms with E-state index in [0.29, 0.717) is 12.2 Å². The lowest BCUT2D eigenvalue weighted by atomic mass is 10.3. The van der Waals surface area contributed by atoms with Crippen LogP contribution in [0.25, 0.3) is 0 Å². The number of nitrogens with two attached hydrogens (primary N) is 1. The van der Waals surface area contributed by atoms with Crippen LogP contribution >= 0.6 is 15.9 Å². The molecule has 0 aliphatic heterocycles. The highest BCUT2D eigenvalue weighted by atomic mass is 79.9. The third kappa shape index (κ3) is 2.67. The van der Waals surface area contributed by atoms with Crippen LogP contribution in [-0.2, 0) is 0 Å². The van der Waals surface area contributed by atoms with Crippen molar-refractivity contribution in [3.05, 3.63) is 16.7 Å². The molecule has 1 heterocycles. The molecule has 2 rings (SSSR count). The Morgan fingerprint density at radius 3 is 2.94 bits per heavy atom. The first-order valence-corrected chi connectivity index (χ1v) is 6.09. The lowest BCUT2D eigenvalue weighted by molar-refractivity contribution is 0.756. The zero-order chi connectivity index (χ0) is 11.5. The van der Waals surface area contributed by atoms with Gasteiger partial charge in [0.1, 0.15) is 0 Å². The molecule has 3 nitrogen and oxygen atoms in total. The second kappa shape index (κ2) is 4.75. The molecule has 0 atom stereocenters. The van der Waals surface area contributed by atoms with E-state index in [-0.39, 0.29) is 0 Å². The molecule has 1 saturated carbocycles. The van der Waals surface area contributed by atoms with E-state index < -0.39 is 0 Å². The van der Waals surface area contributed by atoms with Gasteiger partial charge in [-0.25, -0.2) is 4.98 Å². The molecule has 2 N–H and O–H groups in total. The number of terminal acetylenes is 1. The number of hydrogen-bond acceptors (Lipinski definition) is 3. The molecule has 1 aromatic heterocycles. The molecule has 0 unspecified atom stereocenters. The number of hydrogen-bond donors (Lipinski definition) is 1. The summed E-state index contributed by atoms with van der Waals surface area (Å²) >= 11 is 3.35. The highest BCUT2D eigenvalue weighted by molar-refractivity contribution is 9.10. The molecule has 1 aliphatic carbocycles. The summed E-state index contributed by atoms with van der Waals surface area (Å²) in [6.45, 7) is 1.53. The van der Waals surface area contributed by atoms with Crippen LogP contribution in [0.5, 0.6) is 0 Å². The third-order valence-corrected chi connectivity index (χ3v) is 3.05. The van der Waals surface area contributed by atoms with Gasteiger partial charge in [0.15, 0.2) is 5.82 Å². The highest BCUT2D eigenvalue weighted by Crippen LogP contribution is 2.32. The molecule has 0 bridgehead atoms. The van der Waals surface area contributed by atoms with Gasteiger partial charge in [0.25, 0.3) is 0 Å². The molecular formula is C12H14BrN3. The summed E-state index contributed by atoms with van der Waals surface area (Å²) in [4.78, 5) is 6.42. The number of nitrogen functional groups attached to an aromatic ring is 1. The SMILES string of the molecule is C#CCN(CC1CC1)c1ncc(Br)cc1N. The monoisotopic (exact) mass is 279 g/mol. The van der Waals surface area contributed by atoms with E-state index in [0.717, 1.165) is 22.8 Å². The molecule has 84 valence electrons. The molecule has 0 amide bonds. The summed E-state index contributed by atoms with van der Waals surface area (Å²) < 4.78 is 0.890. The Morgan fingerprint density at radius 2 is 2.38 bits per heavy atom. The highest BCUT2D eigenvalue weighted by Gasteiger charge is 2.25. The first kappa shape index (κ1) is 11.3. The smallest absolute Gasteiger partial charge is 0.152 e. The van der Waals surface area contributed by atoms with Crippen molar-refractivity contribution in [1.29, 1.82) is 0 Å². The Bertz CT molecular complexity index is 421. The number of pyridine rings is 1. The second-order valence-electron chi connectivity index (χ2n) is 4.09. The predicted octanol–water partition coefficient (Wildman–Crippen LogP) is 2.28. The molecule has 0 spiro atoms. The van der Waals surface area contributed by atoms with Gasteiger partial charge in [-0.3, -0.25) is 0 Å². The summed E-state index contributed by atoms with van der Waals surface area (Å²) in [5, 5.41) is 0. The van der Waals surface area contributed by atoms with E-state index in [4.69, 9.17) is 12.2 Å². The van der Waals surface area contributed by atoms with Crippen molar-refractivity contribution in [2.45, 2.75) is 12.8 Å². The standard InChI is InChI=1S/C12H14BrN3/c1-2-5-16(8-9-3-4-9)12-11(14)6-10(13)7-15-12/h1,6-7,9H,3-5,8,14H2. The van der Waals surface area contributed by atoms with Crippen LogP contribution < -0.4 is 10.6 Å². The van der Waals surface area contributed by atoms with Gasteiger partial charge in [-0.2, -0.15) is 0 Å². The Hall–Kier alpha value is -1.21. The maximum atomic E-state index is 5.95. The van der Waals surface area contributed by atoms with Crippen LogP contribution in [0.15, 0.2) is 16.7 Å².